The summed E-state index contributed by atoms with van der Waals surface area (Å²) in [5, 5.41) is 2.93. The number of anilines is 1. The van der Waals surface area contributed by atoms with Crippen molar-refractivity contribution in [2.75, 3.05) is 12.4 Å². The fourth-order valence-electron chi connectivity index (χ4n) is 3.04. The van der Waals surface area contributed by atoms with Gasteiger partial charge >= 0.3 is 0 Å². The topological polar surface area (TPSA) is 51.2 Å². The Morgan fingerprint density at radius 2 is 1.88 bits per heavy atom. The number of amides is 1. The van der Waals surface area contributed by atoms with Gasteiger partial charge < -0.3 is 10.1 Å². The van der Waals surface area contributed by atoms with Crippen LogP contribution < -0.4 is 10.1 Å². The Labute approximate surface area is 148 Å². The first-order chi connectivity index (χ1) is 12.2. The van der Waals surface area contributed by atoms with E-state index in [0.29, 0.717) is 12.1 Å². The van der Waals surface area contributed by atoms with Crippen LogP contribution in [0.1, 0.15) is 22.8 Å². The van der Waals surface area contributed by atoms with Gasteiger partial charge in [0.15, 0.2) is 0 Å². The molecule has 0 saturated carbocycles. The third kappa shape index (κ3) is 2.89. The molecule has 0 bridgehead atoms. The van der Waals surface area contributed by atoms with Crippen molar-refractivity contribution in [3.63, 3.8) is 0 Å². The minimum atomic E-state index is -0.298. The van der Waals surface area contributed by atoms with Gasteiger partial charge in [-0.25, -0.2) is 4.39 Å². The Hall–Kier alpha value is -2.73. The van der Waals surface area contributed by atoms with Crippen LogP contribution in [-0.4, -0.2) is 17.4 Å². The van der Waals surface area contributed by atoms with Crippen molar-refractivity contribution in [2.24, 2.45) is 0 Å². The van der Waals surface area contributed by atoms with Crippen molar-refractivity contribution in [3.8, 4) is 17.0 Å². The van der Waals surface area contributed by atoms with Crippen molar-refractivity contribution in [2.45, 2.75) is 12.3 Å². The summed E-state index contributed by atoms with van der Waals surface area (Å²) in [7, 11) is 1.62. The molecule has 1 aliphatic heterocycles. The van der Waals surface area contributed by atoms with E-state index in [9.17, 15) is 9.18 Å². The molecule has 1 atom stereocenters. The maximum Gasteiger partial charge on any atom is 0.225 e. The van der Waals surface area contributed by atoms with E-state index >= 15 is 0 Å². The number of halogens is 1. The van der Waals surface area contributed by atoms with E-state index < -0.39 is 0 Å². The van der Waals surface area contributed by atoms with Crippen LogP contribution in [0.15, 0.2) is 48.5 Å². The van der Waals surface area contributed by atoms with Gasteiger partial charge in [-0.05, 0) is 53.5 Å². The predicted octanol–water partition coefficient (Wildman–Crippen LogP) is 4.43. The molecule has 6 heteroatoms. The van der Waals surface area contributed by atoms with E-state index in [4.69, 9.17) is 4.74 Å². The Balaban J connectivity index is 1.76. The number of nitrogens with zero attached hydrogens (tertiary/aromatic N) is 1. The number of fused-ring (bicyclic) bond motifs is 1. The van der Waals surface area contributed by atoms with Crippen LogP contribution in [0.25, 0.3) is 11.3 Å². The summed E-state index contributed by atoms with van der Waals surface area (Å²) in [6.07, 6.45) is 0.379. The lowest BCUT2D eigenvalue weighted by Crippen LogP contribution is -2.22. The van der Waals surface area contributed by atoms with Crippen LogP contribution in [0, 0.1) is 5.82 Å². The molecule has 1 aromatic heterocycles. The van der Waals surface area contributed by atoms with Crippen LogP contribution in [-0.2, 0) is 4.79 Å². The van der Waals surface area contributed by atoms with Gasteiger partial charge in [0.2, 0.25) is 5.91 Å². The second-order valence-electron chi connectivity index (χ2n) is 5.86. The highest BCUT2D eigenvalue weighted by molar-refractivity contribution is 7.07. The van der Waals surface area contributed by atoms with Crippen molar-refractivity contribution in [1.29, 1.82) is 0 Å². The Morgan fingerprint density at radius 3 is 2.56 bits per heavy atom. The number of carbonyl (C=O) groups excluding carboxylic acids is 1. The van der Waals surface area contributed by atoms with Crippen molar-refractivity contribution in [1.82, 2.24) is 4.37 Å². The van der Waals surface area contributed by atoms with Gasteiger partial charge in [-0.15, -0.1) is 0 Å². The molecule has 0 radical (unpaired) electrons. The molecule has 25 heavy (non-hydrogen) atoms. The molecule has 0 spiro atoms. The van der Waals surface area contributed by atoms with Crippen LogP contribution in [0.5, 0.6) is 5.75 Å². The number of carbonyl (C=O) groups is 1. The maximum atomic E-state index is 13.2. The van der Waals surface area contributed by atoms with Crippen molar-refractivity contribution >= 4 is 23.1 Å². The Kier molecular flexibility index (Phi) is 3.97. The molecule has 0 fully saturated rings. The maximum absolute atomic E-state index is 13.2. The molecular formula is C19H15FN2O2S. The summed E-state index contributed by atoms with van der Waals surface area (Å²) in [5.74, 6) is 0.395. The highest BCUT2D eigenvalue weighted by atomic mass is 32.1. The number of hydrogen-bond donors (Lipinski definition) is 1. The first-order valence-electron chi connectivity index (χ1n) is 7.85. The summed E-state index contributed by atoms with van der Waals surface area (Å²) in [5.41, 5.74) is 3.25. The van der Waals surface area contributed by atoms with E-state index in [1.165, 1.54) is 23.7 Å². The highest BCUT2D eigenvalue weighted by Gasteiger charge is 2.31. The van der Waals surface area contributed by atoms with Crippen LogP contribution in [0.3, 0.4) is 0 Å². The van der Waals surface area contributed by atoms with E-state index in [0.717, 1.165) is 27.4 Å². The quantitative estimate of drug-likeness (QED) is 0.757. The lowest BCUT2D eigenvalue weighted by molar-refractivity contribution is -0.116. The smallest absolute Gasteiger partial charge is 0.225 e. The van der Waals surface area contributed by atoms with E-state index in [-0.39, 0.29) is 17.6 Å². The minimum absolute atomic E-state index is 0.0404. The molecule has 0 saturated heterocycles. The third-order valence-electron chi connectivity index (χ3n) is 4.32. The molecule has 1 N–H and O–H groups in total. The second kappa shape index (κ2) is 6.29. The highest BCUT2D eigenvalue weighted by Crippen LogP contribution is 2.44. The number of hydrogen-bond acceptors (Lipinski definition) is 4. The third-order valence-corrected chi connectivity index (χ3v) is 5.28. The predicted molar refractivity (Wildman–Crippen MR) is 95.6 cm³/mol. The van der Waals surface area contributed by atoms with Crippen LogP contribution >= 0.6 is 11.5 Å². The van der Waals surface area contributed by atoms with E-state index in [1.807, 2.05) is 24.3 Å². The zero-order valence-corrected chi connectivity index (χ0v) is 14.3. The van der Waals surface area contributed by atoms with Gasteiger partial charge in [0.25, 0.3) is 0 Å². The van der Waals surface area contributed by atoms with Crippen LogP contribution in [0.4, 0.5) is 10.1 Å². The molecule has 2 heterocycles. The van der Waals surface area contributed by atoms with Gasteiger partial charge in [-0.3, -0.25) is 4.79 Å². The number of rotatable bonds is 3. The number of benzene rings is 2. The Bertz CT molecular complexity index is 920. The molecule has 3 aromatic rings. The summed E-state index contributed by atoms with van der Waals surface area (Å²) < 4.78 is 22.9. The lowest BCUT2D eigenvalue weighted by atomic mass is 9.89. The molecule has 4 rings (SSSR count). The van der Waals surface area contributed by atoms with Crippen molar-refractivity contribution < 1.29 is 13.9 Å². The van der Waals surface area contributed by atoms with Crippen LogP contribution in [0.2, 0.25) is 0 Å². The number of ether oxygens (including phenoxy) is 1. The normalized spacial score (nSPS) is 16.2. The average molecular weight is 354 g/mol. The van der Waals surface area contributed by atoms with Gasteiger partial charge in [-0.1, -0.05) is 12.1 Å². The number of methoxy groups -OCH3 is 1. The van der Waals surface area contributed by atoms with Gasteiger partial charge in [-0.2, -0.15) is 4.37 Å². The molecule has 1 aliphatic rings. The second-order valence-corrected chi connectivity index (χ2v) is 6.66. The number of nitrogens with one attached hydrogen (secondary N) is 1. The first kappa shape index (κ1) is 15.8. The molecular weight excluding hydrogens is 339 g/mol. The fraction of sp³-hybridized carbons (Fsp3) is 0.158. The van der Waals surface area contributed by atoms with Gasteiger partial charge in [0.1, 0.15) is 17.3 Å². The van der Waals surface area contributed by atoms with Crippen molar-refractivity contribution in [3.05, 3.63) is 64.8 Å². The minimum Gasteiger partial charge on any atom is -0.497 e. The molecule has 0 aliphatic carbocycles. The SMILES string of the molecule is COc1ccc([C@H]2CC(=O)Nc3c(-c4ccc(F)cc4)nsc32)cc1. The monoisotopic (exact) mass is 354 g/mol. The fourth-order valence-corrected chi connectivity index (χ4v) is 4.01. The summed E-state index contributed by atoms with van der Waals surface area (Å²) in [6, 6.07) is 13.9. The molecule has 2 aromatic carbocycles. The van der Waals surface area contributed by atoms with Gasteiger partial charge in [0.05, 0.1) is 17.7 Å². The Morgan fingerprint density at radius 1 is 1.16 bits per heavy atom. The molecule has 126 valence electrons. The van der Waals surface area contributed by atoms with Gasteiger partial charge in [0, 0.05) is 17.9 Å². The van der Waals surface area contributed by atoms with E-state index in [2.05, 4.69) is 9.69 Å². The van der Waals surface area contributed by atoms with E-state index in [1.54, 1.807) is 19.2 Å². The zero-order chi connectivity index (χ0) is 17.4. The summed E-state index contributed by atoms with van der Waals surface area (Å²) in [6.45, 7) is 0. The standard InChI is InChI=1S/C19H15FN2O2S/c1-24-14-8-4-11(5-9-14)15-10-16(23)21-18-17(22-25-19(15)18)12-2-6-13(20)7-3-12/h2-9,15H,10H2,1H3,(H,21,23)/t15-/m1/s1. The molecule has 0 unspecified atom stereocenters. The largest absolute Gasteiger partial charge is 0.497 e. The summed E-state index contributed by atoms with van der Waals surface area (Å²) >= 11 is 1.38. The molecule has 1 amide bonds. The number of aromatic nitrogens is 1. The molecule has 4 nitrogen and oxygen atoms in total. The summed E-state index contributed by atoms with van der Waals surface area (Å²) in [4.78, 5) is 13.3. The average Bonchev–Trinajstić information content (AvgIpc) is 3.05. The zero-order valence-electron chi connectivity index (χ0n) is 13.5. The first-order valence-corrected chi connectivity index (χ1v) is 8.62. The lowest BCUT2D eigenvalue weighted by Gasteiger charge is -2.23.